The predicted octanol–water partition coefficient (Wildman–Crippen LogP) is 0.378. The van der Waals surface area contributed by atoms with E-state index in [-0.39, 0.29) is 0 Å². The number of hydrogen-bond acceptors (Lipinski definition) is 3. The van der Waals surface area contributed by atoms with E-state index in [1.54, 1.807) is 0 Å². The molecule has 0 aliphatic carbocycles. The van der Waals surface area contributed by atoms with Crippen molar-refractivity contribution in [3.8, 4) is 12.3 Å². The Morgan fingerprint density at radius 1 is 1.44 bits per heavy atom. The molecule has 0 radical (unpaired) electrons. The molecule has 0 bridgehead atoms. The lowest BCUT2D eigenvalue weighted by molar-refractivity contribution is 0.0773. The topological polar surface area (TPSA) is 18.5 Å². The highest BCUT2D eigenvalue weighted by molar-refractivity contribution is 4.90. The zero-order valence-electron chi connectivity index (χ0n) is 10.3. The van der Waals surface area contributed by atoms with Gasteiger partial charge in [-0.2, -0.15) is 0 Å². The molecule has 2 heterocycles. The molecule has 3 heteroatoms. The Labute approximate surface area is 99.2 Å². The minimum Gasteiger partial charge on any atom is -0.305 e. The molecule has 0 saturated carbocycles. The molecule has 90 valence electrons. The van der Waals surface area contributed by atoms with Gasteiger partial charge in [0.2, 0.25) is 0 Å². The normalized spacial score (nSPS) is 28.6. The first-order chi connectivity index (χ1) is 7.81. The molecule has 0 aromatic rings. The van der Waals surface area contributed by atoms with Crippen molar-refractivity contribution < 1.29 is 0 Å². The summed E-state index contributed by atoms with van der Waals surface area (Å²) in [4.78, 5) is 5.26. The van der Waals surface area contributed by atoms with Crippen LogP contribution in [-0.4, -0.2) is 61.2 Å². The third kappa shape index (κ3) is 2.76. The van der Waals surface area contributed by atoms with Crippen molar-refractivity contribution in [3.05, 3.63) is 0 Å². The predicted molar refractivity (Wildman–Crippen MR) is 67.3 cm³/mol. The number of fused-ring (bicyclic) bond motifs is 1. The fourth-order valence-corrected chi connectivity index (χ4v) is 2.90. The molecule has 0 aromatic carbocycles. The summed E-state index contributed by atoms with van der Waals surface area (Å²) in [7, 11) is 0. The van der Waals surface area contributed by atoms with E-state index >= 15 is 0 Å². The van der Waals surface area contributed by atoms with Crippen LogP contribution in [0.2, 0.25) is 0 Å². The SMILES string of the molecule is C#CCNCC(C)N1CCN2CCCC2C1. The van der Waals surface area contributed by atoms with Crippen LogP contribution in [0.4, 0.5) is 0 Å². The highest BCUT2D eigenvalue weighted by Gasteiger charge is 2.31. The first-order valence-corrected chi connectivity index (χ1v) is 6.43. The van der Waals surface area contributed by atoms with Gasteiger partial charge in [-0.25, -0.2) is 0 Å². The fraction of sp³-hybridized carbons (Fsp3) is 0.846. The average molecular weight is 221 g/mol. The number of hydrogen-bond donors (Lipinski definition) is 1. The molecule has 2 saturated heterocycles. The van der Waals surface area contributed by atoms with E-state index < -0.39 is 0 Å². The molecule has 2 aliphatic rings. The van der Waals surface area contributed by atoms with Crippen molar-refractivity contribution in [2.75, 3.05) is 39.3 Å². The summed E-state index contributed by atoms with van der Waals surface area (Å²) in [6.45, 7) is 9.04. The van der Waals surface area contributed by atoms with Gasteiger partial charge in [0.05, 0.1) is 6.54 Å². The third-order valence-electron chi connectivity index (χ3n) is 3.91. The fourth-order valence-electron chi connectivity index (χ4n) is 2.90. The van der Waals surface area contributed by atoms with Crippen LogP contribution in [0, 0.1) is 12.3 Å². The molecular formula is C13H23N3. The Morgan fingerprint density at radius 2 is 2.31 bits per heavy atom. The van der Waals surface area contributed by atoms with Crippen molar-refractivity contribution in [2.45, 2.75) is 31.8 Å². The van der Waals surface area contributed by atoms with Gasteiger partial charge in [0.1, 0.15) is 0 Å². The second-order valence-corrected chi connectivity index (χ2v) is 5.01. The van der Waals surface area contributed by atoms with Crippen LogP contribution in [0.1, 0.15) is 19.8 Å². The van der Waals surface area contributed by atoms with E-state index in [0.29, 0.717) is 12.6 Å². The second kappa shape index (κ2) is 5.67. The first kappa shape index (κ1) is 11.9. The van der Waals surface area contributed by atoms with E-state index in [9.17, 15) is 0 Å². The molecule has 1 N–H and O–H groups in total. The molecule has 0 aromatic heterocycles. The second-order valence-electron chi connectivity index (χ2n) is 5.01. The van der Waals surface area contributed by atoms with Crippen LogP contribution in [0.15, 0.2) is 0 Å². The summed E-state index contributed by atoms with van der Waals surface area (Å²) in [6.07, 6.45) is 8.01. The summed E-state index contributed by atoms with van der Waals surface area (Å²) in [5.41, 5.74) is 0. The molecule has 2 fully saturated rings. The molecule has 16 heavy (non-hydrogen) atoms. The third-order valence-corrected chi connectivity index (χ3v) is 3.91. The zero-order valence-corrected chi connectivity index (χ0v) is 10.3. The lowest BCUT2D eigenvalue weighted by Crippen LogP contribution is -2.54. The van der Waals surface area contributed by atoms with E-state index in [2.05, 4.69) is 28.0 Å². The monoisotopic (exact) mass is 221 g/mol. The maximum absolute atomic E-state index is 5.23. The smallest absolute Gasteiger partial charge is 0.0574 e. The Kier molecular flexibility index (Phi) is 4.22. The van der Waals surface area contributed by atoms with Crippen molar-refractivity contribution in [2.24, 2.45) is 0 Å². The molecule has 2 unspecified atom stereocenters. The Bertz CT molecular complexity index is 258. The van der Waals surface area contributed by atoms with Crippen molar-refractivity contribution in [1.82, 2.24) is 15.1 Å². The largest absolute Gasteiger partial charge is 0.305 e. The molecule has 3 nitrogen and oxygen atoms in total. The van der Waals surface area contributed by atoms with E-state index in [1.807, 2.05) is 0 Å². The zero-order chi connectivity index (χ0) is 11.4. The van der Waals surface area contributed by atoms with E-state index in [4.69, 9.17) is 6.42 Å². The molecule has 0 amide bonds. The Hall–Kier alpha value is -0.560. The van der Waals surface area contributed by atoms with Crippen molar-refractivity contribution >= 4 is 0 Å². The molecule has 2 atom stereocenters. The lowest BCUT2D eigenvalue weighted by atomic mass is 10.1. The van der Waals surface area contributed by atoms with Crippen LogP contribution in [-0.2, 0) is 0 Å². The summed E-state index contributed by atoms with van der Waals surface area (Å²) >= 11 is 0. The summed E-state index contributed by atoms with van der Waals surface area (Å²) in [6, 6.07) is 1.43. The molecule has 2 rings (SSSR count). The Balaban J connectivity index is 1.75. The van der Waals surface area contributed by atoms with Crippen molar-refractivity contribution in [1.29, 1.82) is 0 Å². The van der Waals surface area contributed by atoms with Gasteiger partial charge in [0.15, 0.2) is 0 Å². The van der Waals surface area contributed by atoms with Gasteiger partial charge in [-0.15, -0.1) is 6.42 Å². The summed E-state index contributed by atoms with van der Waals surface area (Å²) in [5, 5.41) is 3.30. The quantitative estimate of drug-likeness (QED) is 0.547. The van der Waals surface area contributed by atoms with Gasteiger partial charge in [-0.1, -0.05) is 5.92 Å². The maximum Gasteiger partial charge on any atom is 0.0574 e. The summed E-state index contributed by atoms with van der Waals surface area (Å²) in [5.74, 6) is 2.63. The number of terminal acetylenes is 1. The van der Waals surface area contributed by atoms with Crippen molar-refractivity contribution in [3.63, 3.8) is 0 Å². The highest BCUT2D eigenvalue weighted by Crippen LogP contribution is 2.22. The van der Waals surface area contributed by atoms with Gasteiger partial charge in [-0.3, -0.25) is 9.80 Å². The van der Waals surface area contributed by atoms with Gasteiger partial charge < -0.3 is 5.32 Å². The molecular weight excluding hydrogens is 198 g/mol. The highest BCUT2D eigenvalue weighted by atomic mass is 15.3. The van der Waals surface area contributed by atoms with E-state index in [1.165, 1.54) is 39.0 Å². The maximum atomic E-state index is 5.23. The van der Waals surface area contributed by atoms with Crippen LogP contribution in [0.5, 0.6) is 0 Å². The van der Waals surface area contributed by atoms with Crippen LogP contribution in [0.3, 0.4) is 0 Å². The number of nitrogens with one attached hydrogen (secondary N) is 1. The standard InChI is InChI=1S/C13H23N3/c1-3-6-14-10-12(2)16-9-8-15-7-4-5-13(15)11-16/h1,12-14H,4-11H2,2H3. The minimum atomic E-state index is 0.607. The minimum absolute atomic E-state index is 0.607. The number of rotatable bonds is 4. The molecule has 2 aliphatic heterocycles. The number of piperazine rings is 1. The van der Waals surface area contributed by atoms with E-state index in [0.717, 1.165) is 12.6 Å². The van der Waals surface area contributed by atoms with Gasteiger partial charge in [0.25, 0.3) is 0 Å². The van der Waals surface area contributed by atoms with Crippen LogP contribution < -0.4 is 5.32 Å². The van der Waals surface area contributed by atoms with Gasteiger partial charge >= 0.3 is 0 Å². The van der Waals surface area contributed by atoms with Crippen LogP contribution in [0.25, 0.3) is 0 Å². The lowest BCUT2D eigenvalue weighted by Gasteiger charge is -2.40. The van der Waals surface area contributed by atoms with Gasteiger partial charge in [-0.05, 0) is 26.3 Å². The van der Waals surface area contributed by atoms with Crippen LogP contribution >= 0.6 is 0 Å². The number of nitrogens with zero attached hydrogens (tertiary/aromatic N) is 2. The first-order valence-electron chi connectivity index (χ1n) is 6.43. The summed E-state index contributed by atoms with van der Waals surface area (Å²) < 4.78 is 0. The molecule has 0 spiro atoms. The van der Waals surface area contributed by atoms with Gasteiger partial charge in [0, 0.05) is 38.3 Å². The Morgan fingerprint density at radius 3 is 3.12 bits per heavy atom. The average Bonchev–Trinajstić information content (AvgIpc) is 2.76.